The molecule has 2 atom stereocenters. The fourth-order valence-corrected chi connectivity index (χ4v) is 1.39. The van der Waals surface area contributed by atoms with Crippen LogP contribution in [0.3, 0.4) is 0 Å². The summed E-state index contributed by atoms with van der Waals surface area (Å²) in [6.45, 7) is 12.1. The van der Waals surface area contributed by atoms with Crippen molar-refractivity contribution in [2.24, 2.45) is 0 Å². The Kier molecular flexibility index (Phi) is 21.9. The molecule has 33 heavy (non-hydrogen) atoms. The first kappa shape index (κ1) is 34.6. The van der Waals surface area contributed by atoms with Gasteiger partial charge in [0.05, 0.1) is 11.9 Å². The number of benzene rings is 2. The van der Waals surface area contributed by atoms with Crippen LogP contribution in [0.1, 0.15) is 27.7 Å². The zero-order valence-electron chi connectivity index (χ0n) is 19.0. The topological polar surface area (TPSA) is 139 Å². The van der Waals surface area contributed by atoms with Crippen molar-refractivity contribution in [3.05, 3.63) is 85.0 Å². The van der Waals surface area contributed by atoms with Crippen molar-refractivity contribution in [1.82, 2.24) is 0 Å². The number of para-hydroxylation sites is 2. The molecule has 0 heterocycles. The summed E-state index contributed by atoms with van der Waals surface area (Å²) in [6, 6.07) is 18.4. The van der Waals surface area contributed by atoms with Gasteiger partial charge in [-0.05, 0) is 63.1 Å². The molecule has 0 amide bonds. The summed E-state index contributed by atoms with van der Waals surface area (Å²) in [6.07, 6.45) is -1.47. The molecule has 0 aliphatic carbocycles. The number of carbonyl (C=O) groups is 2. The van der Waals surface area contributed by atoms with E-state index in [0.29, 0.717) is 11.5 Å². The quantitative estimate of drug-likeness (QED) is 0.315. The Morgan fingerprint density at radius 2 is 0.939 bits per heavy atom. The smallest absolute Gasteiger partial charge is 0.545 e. The molecule has 2 rings (SSSR count). The van der Waals surface area contributed by atoms with E-state index in [4.69, 9.17) is 19.7 Å². The van der Waals surface area contributed by atoms with E-state index in [0.717, 1.165) is 0 Å². The summed E-state index contributed by atoms with van der Waals surface area (Å²) < 4.78 is 9.94. The van der Waals surface area contributed by atoms with Gasteiger partial charge in [-0.15, -0.1) is 0 Å². The van der Waals surface area contributed by atoms with Crippen molar-refractivity contribution < 1.29 is 59.0 Å². The largest absolute Gasteiger partial charge is 2.00 e. The van der Waals surface area contributed by atoms with Crippen molar-refractivity contribution in [2.75, 3.05) is 0 Å². The maximum atomic E-state index is 9.49. The van der Waals surface area contributed by atoms with Crippen LogP contribution in [-0.2, 0) is 29.1 Å². The van der Waals surface area contributed by atoms with Gasteiger partial charge < -0.3 is 39.5 Å². The monoisotopic (exact) mass is 548 g/mol. The van der Waals surface area contributed by atoms with E-state index < -0.39 is 24.5 Å². The summed E-state index contributed by atoms with van der Waals surface area (Å²) in [5.74, 6) is -0.986. The van der Waals surface area contributed by atoms with Gasteiger partial charge >= 0.3 is 19.5 Å². The molecule has 0 radical (unpaired) electrons. The number of carboxylic acid groups (broad SMARTS) is 2. The van der Waals surface area contributed by atoms with Crippen LogP contribution < -0.4 is 19.7 Å². The first-order valence-corrected chi connectivity index (χ1v) is 9.40. The molecule has 0 fully saturated rings. The number of aliphatic hydroxyl groups is 2. The predicted octanol–water partition coefficient (Wildman–Crippen LogP) is 1.43. The number of aliphatic carboxylic acids is 2. The third-order valence-electron chi connectivity index (χ3n) is 2.80. The normalized spacial score (nSPS) is 10.4. The van der Waals surface area contributed by atoms with Crippen molar-refractivity contribution in [3.63, 3.8) is 0 Å². The minimum Gasteiger partial charge on any atom is -0.545 e. The first-order chi connectivity index (χ1) is 14.9. The molecule has 0 spiro atoms. The molecule has 0 saturated heterocycles. The van der Waals surface area contributed by atoms with Crippen LogP contribution in [0.2, 0.25) is 0 Å². The Morgan fingerprint density at radius 1 is 0.727 bits per heavy atom. The second-order valence-corrected chi connectivity index (χ2v) is 6.20. The molecule has 0 aliphatic heterocycles. The zero-order valence-corrected chi connectivity index (χ0v) is 20.8. The average Bonchev–Trinajstić information content (AvgIpc) is 2.70. The zero-order chi connectivity index (χ0) is 25.1. The fourth-order valence-electron chi connectivity index (χ4n) is 1.39. The molecule has 2 aromatic carbocycles. The van der Waals surface area contributed by atoms with Crippen LogP contribution >= 0.6 is 0 Å². The summed E-state index contributed by atoms with van der Waals surface area (Å²) in [5.41, 5.74) is 0.130. The molecule has 2 aromatic rings. The molecule has 182 valence electrons. The van der Waals surface area contributed by atoms with Crippen LogP contribution in [0.25, 0.3) is 0 Å². The Hall–Kier alpha value is -3.00. The standard InChI is InChI=1S/2C8H10O2.2C4H6O2.Ru/c2*1-7(9)10-8-5-3-2-4-6-8;2*1-3(2)4(5)6;/h2*2-7,9H,1H3;2*1H2,2H3,(H,5,6);/q;;;;+2/p-2. The van der Waals surface area contributed by atoms with E-state index in [1.807, 2.05) is 36.4 Å². The molecule has 8 nitrogen and oxygen atoms in total. The van der Waals surface area contributed by atoms with E-state index in [9.17, 15) is 19.8 Å². The second-order valence-electron chi connectivity index (χ2n) is 6.20. The van der Waals surface area contributed by atoms with Crippen molar-refractivity contribution in [3.8, 4) is 11.5 Å². The van der Waals surface area contributed by atoms with Crippen molar-refractivity contribution >= 4 is 11.9 Å². The molecular weight excluding hydrogens is 517 g/mol. The molecule has 2 N–H and O–H groups in total. The fraction of sp³-hybridized carbons (Fsp3) is 0.250. The van der Waals surface area contributed by atoms with Crippen LogP contribution in [0.15, 0.2) is 85.0 Å². The summed E-state index contributed by atoms with van der Waals surface area (Å²) in [4.78, 5) is 19.0. The van der Waals surface area contributed by atoms with Gasteiger partial charge in [-0.25, -0.2) is 0 Å². The van der Waals surface area contributed by atoms with E-state index in [1.165, 1.54) is 13.8 Å². The van der Waals surface area contributed by atoms with Crippen LogP contribution in [-0.4, -0.2) is 34.7 Å². The van der Waals surface area contributed by atoms with Gasteiger partial charge in [0.2, 0.25) is 0 Å². The van der Waals surface area contributed by atoms with E-state index in [-0.39, 0.29) is 30.6 Å². The molecule has 0 saturated carbocycles. The molecular formula is C24H30O8Ru. The molecule has 9 heteroatoms. The summed E-state index contributed by atoms with van der Waals surface area (Å²) in [5, 5.41) is 36.5. The minimum atomic E-state index is -1.19. The Balaban J connectivity index is -0.000000372. The Morgan fingerprint density at radius 3 is 1.09 bits per heavy atom. The number of rotatable bonds is 6. The van der Waals surface area contributed by atoms with Gasteiger partial charge in [0.1, 0.15) is 11.5 Å². The van der Waals surface area contributed by atoms with Gasteiger partial charge in [-0.3, -0.25) is 0 Å². The van der Waals surface area contributed by atoms with Crippen LogP contribution in [0, 0.1) is 0 Å². The third-order valence-corrected chi connectivity index (χ3v) is 2.80. The first-order valence-electron chi connectivity index (χ1n) is 9.40. The number of carboxylic acids is 2. The number of hydrogen-bond donors (Lipinski definition) is 2. The maximum absolute atomic E-state index is 9.49. The SMILES string of the molecule is C=C(C)C(=O)[O-].C=C(C)C(=O)[O-].CC(O)Oc1ccccc1.CC(O)Oc1ccccc1.[Ru+2]. The number of hydrogen-bond acceptors (Lipinski definition) is 8. The van der Waals surface area contributed by atoms with Gasteiger partial charge in [-0.1, -0.05) is 49.6 Å². The molecule has 0 aromatic heterocycles. The molecule has 0 bridgehead atoms. The molecule has 0 aliphatic rings. The molecule has 2 unspecified atom stereocenters. The Labute approximate surface area is 207 Å². The van der Waals surface area contributed by atoms with Gasteiger partial charge in [0, 0.05) is 0 Å². The van der Waals surface area contributed by atoms with Gasteiger partial charge in [0.15, 0.2) is 12.6 Å². The minimum absolute atomic E-state index is 0. The summed E-state index contributed by atoms with van der Waals surface area (Å²) in [7, 11) is 0. The van der Waals surface area contributed by atoms with E-state index in [2.05, 4.69) is 13.2 Å². The van der Waals surface area contributed by atoms with Crippen LogP contribution in [0.5, 0.6) is 11.5 Å². The number of carbonyl (C=O) groups excluding carboxylic acids is 2. The van der Waals surface area contributed by atoms with Gasteiger partial charge in [-0.2, -0.15) is 0 Å². The van der Waals surface area contributed by atoms with Crippen molar-refractivity contribution in [1.29, 1.82) is 0 Å². The maximum Gasteiger partial charge on any atom is 2.00 e. The van der Waals surface area contributed by atoms with Gasteiger partial charge in [0.25, 0.3) is 0 Å². The number of aliphatic hydroxyl groups excluding tert-OH is 2. The van der Waals surface area contributed by atoms with E-state index >= 15 is 0 Å². The number of ether oxygens (including phenoxy) is 2. The van der Waals surface area contributed by atoms with Crippen LogP contribution in [0.4, 0.5) is 0 Å². The Bertz CT molecular complexity index is 712. The van der Waals surface area contributed by atoms with Crippen molar-refractivity contribution in [2.45, 2.75) is 40.3 Å². The predicted molar refractivity (Wildman–Crippen MR) is 117 cm³/mol. The second kappa shape index (κ2) is 20.9. The summed E-state index contributed by atoms with van der Waals surface area (Å²) >= 11 is 0. The average molecular weight is 548 g/mol. The third kappa shape index (κ3) is 25.1. The van der Waals surface area contributed by atoms with E-state index in [1.54, 1.807) is 38.1 Å².